The van der Waals surface area contributed by atoms with Crippen molar-refractivity contribution >= 4 is 11.9 Å². The van der Waals surface area contributed by atoms with Crippen LogP contribution < -0.4 is 0 Å². The third kappa shape index (κ3) is 47.0. The average Bonchev–Trinajstić information content (AvgIpc) is 3.25. The number of esters is 2. The maximum atomic E-state index is 12.7. The van der Waals surface area contributed by atoms with E-state index in [0.717, 1.165) is 89.9 Å². The number of carbonyl (C=O) groups is 2. The lowest BCUT2D eigenvalue weighted by Crippen LogP contribution is -2.30. The summed E-state index contributed by atoms with van der Waals surface area (Å²) in [6.07, 6.45) is 69.4. The summed E-state index contributed by atoms with van der Waals surface area (Å²) in [5.74, 6) is -0.605. The molecule has 0 bridgehead atoms. The first-order valence-corrected chi connectivity index (χ1v) is 24.1. The summed E-state index contributed by atoms with van der Waals surface area (Å²) >= 11 is 0. The molecule has 0 saturated carbocycles. The zero-order valence-electron chi connectivity index (χ0n) is 38.7. The molecule has 0 aromatic rings. The lowest BCUT2D eigenvalue weighted by Gasteiger charge is -2.18. The molecule has 0 aliphatic rings. The molecule has 60 heavy (non-hydrogen) atoms. The Morgan fingerprint density at radius 2 is 0.800 bits per heavy atom. The standard InChI is InChI=1S/C55H88O5/c1-4-7-10-13-16-19-22-25-28-30-33-36-39-42-45-48-54(56)59-52-53(51-58-50-47-44-41-38-35-32-27-24-21-18-15-12-9-6-3)60-55(57)49-46-43-40-37-34-31-29-26-23-20-17-14-11-8-5-2/h7-8,10-11,16-17,19-21,24-26,28-29,33-34,36-37,42,45,53H,4-6,9,12-15,18,22-23,27,30-32,35,38-41,43-44,46-52H2,1-3H3/b10-7-,11-8-,19-16-,20-17-,24-21-,28-25-,29-26-,36-33-,37-34-,45-42-. The van der Waals surface area contributed by atoms with E-state index >= 15 is 0 Å². The zero-order chi connectivity index (χ0) is 43.5. The summed E-state index contributed by atoms with van der Waals surface area (Å²) in [6, 6.07) is 0. The molecule has 0 fully saturated rings. The van der Waals surface area contributed by atoms with Gasteiger partial charge in [0.05, 0.1) is 13.0 Å². The summed E-state index contributed by atoms with van der Waals surface area (Å²) in [7, 11) is 0. The Bertz CT molecular complexity index is 1260. The van der Waals surface area contributed by atoms with E-state index in [4.69, 9.17) is 14.2 Å². The van der Waals surface area contributed by atoms with Gasteiger partial charge in [-0.3, -0.25) is 9.59 Å². The molecule has 0 amide bonds. The van der Waals surface area contributed by atoms with Gasteiger partial charge in [-0.15, -0.1) is 0 Å². The van der Waals surface area contributed by atoms with Crippen molar-refractivity contribution in [1.82, 2.24) is 0 Å². The van der Waals surface area contributed by atoms with Crippen molar-refractivity contribution in [3.05, 3.63) is 122 Å². The number of hydrogen-bond donors (Lipinski definition) is 0. The molecule has 0 rings (SSSR count). The molecule has 0 aromatic carbocycles. The highest BCUT2D eigenvalue weighted by Gasteiger charge is 2.17. The number of ether oxygens (including phenoxy) is 3. The van der Waals surface area contributed by atoms with Gasteiger partial charge in [0.25, 0.3) is 0 Å². The third-order valence-electron chi connectivity index (χ3n) is 9.50. The monoisotopic (exact) mass is 829 g/mol. The SMILES string of the molecule is CC/C=C\C/C=C\C/C=C\C/C=C\C/C=C\CC(=O)OCC(COCCCCCCCC/C=C\CCCCCC)OC(=O)CCCC/C=C\C/C=C\C/C=C\C/C=C\CC. The fraction of sp³-hybridized carbons (Fsp3) is 0.600. The second-order valence-electron chi connectivity index (χ2n) is 15.3. The summed E-state index contributed by atoms with van der Waals surface area (Å²) < 4.78 is 17.2. The highest BCUT2D eigenvalue weighted by atomic mass is 16.6. The van der Waals surface area contributed by atoms with E-state index in [1.807, 2.05) is 12.2 Å². The first-order chi connectivity index (χ1) is 29.6. The van der Waals surface area contributed by atoms with E-state index in [-0.39, 0.29) is 31.6 Å². The van der Waals surface area contributed by atoms with Crippen molar-refractivity contribution in [2.75, 3.05) is 19.8 Å². The van der Waals surface area contributed by atoms with Gasteiger partial charge in [0.1, 0.15) is 6.61 Å². The van der Waals surface area contributed by atoms with Crippen molar-refractivity contribution in [3.63, 3.8) is 0 Å². The molecule has 0 heterocycles. The number of unbranched alkanes of at least 4 members (excludes halogenated alkanes) is 12. The van der Waals surface area contributed by atoms with Crippen LogP contribution in [0.3, 0.4) is 0 Å². The smallest absolute Gasteiger partial charge is 0.309 e. The van der Waals surface area contributed by atoms with Gasteiger partial charge >= 0.3 is 11.9 Å². The summed E-state index contributed by atoms with van der Waals surface area (Å²) in [5.41, 5.74) is 0. The van der Waals surface area contributed by atoms with Crippen LogP contribution in [0.1, 0.15) is 188 Å². The topological polar surface area (TPSA) is 61.8 Å². The Kier molecular flexibility index (Phi) is 46.6. The molecule has 0 aliphatic heterocycles. The number of carbonyl (C=O) groups excluding carboxylic acids is 2. The van der Waals surface area contributed by atoms with Crippen molar-refractivity contribution in [2.45, 2.75) is 194 Å². The van der Waals surface area contributed by atoms with Crippen molar-refractivity contribution in [2.24, 2.45) is 0 Å². The van der Waals surface area contributed by atoms with Crippen LogP contribution in [0.5, 0.6) is 0 Å². The molecule has 0 N–H and O–H groups in total. The molecule has 1 unspecified atom stereocenters. The molecular formula is C55H88O5. The van der Waals surface area contributed by atoms with Crippen LogP contribution in [0.15, 0.2) is 122 Å². The van der Waals surface area contributed by atoms with Gasteiger partial charge in [0, 0.05) is 13.0 Å². The fourth-order valence-electron chi connectivity index (χ4n) is 5.98. The van der Waals surface area contributed by atoms with E-state index in [9.17, 15) is 9.59 Å². The van der Waals surface area contributed by atoms with E-state index in [1.54, 1.807) is 0 Å². The molecule has 338 valence electrons. The van der Waals surface area contributed by atoms with Gasteiger partial charge in [-0.2, -0.15) is 0 Å². The van der Waals surface area contributed by atoms with Crippen LogP contribution in [0, 0.1) is 0 Å². The Balaban J connectivity index is 4.51. The molecule has 0 radical (unpaired) electrons. The predicted molar refractivity (Wildman–Crippen MR) is 260 cm³/mol. The predicted octanol–water partition coefficient (Wildman–Crippen LogP) is 16.2. The van der Waals surface area contributed by atoms with Crippen molar-refractivity contribution < 1.29 is 23.8 Å². The first-order valence-electron chi connectivity index (χ1n) is 24.1. The van der Waals surface area contributed by atoms with Gasteiger partial charge in [-0.05, 0) is 109 Å². The third-order valence-corrected chi connectivity index (χ3v) is 9.50. The Morgan fingerprint density at radius 1 is 0.400 bits per heavy atom. The van der Waals surface area contributed by atoms with E-state index < -0.39 is 6.10 Å². The van der Waals surface area contributed by atoms with Crippen LogP contribution in [0.25, 0.3) is 0 Å². The van der Waals surface area contributed by atoms with Gasteiger partial charge < -0.3 is 14.2 Å². The lowest BCUT2D eigenvalue weighted by molar-refractivity contribution is -0.162. The molecule has 0 spiro atoms. The van der Waals surface area contributed by atoms with Gasteiger partial charge in [-0.25, -0.2) is 0 Å². The van der Waals surface area contributed by atoms with Crippen LogP contribution in [-0.2, 0) is 23.8 Å². The maximum absolute atomic E-state index is 12.7. The number of rotatable bonds is 42. The van der Waals surface area contributed by atoms with Crippen molar-refractivity contribution in [1.29, 1.82) is 0 Å². The minimum atomic E-state index is -0.608. The molecule has 5 nitrogen and oxygen atoms in total. The van der Waals surface area contributed by atoms with Crippen LogP contribution in [-0.4, -0.2) is 37.9 Å². The summed E-state index contributed by atoms with van der Waals surface area (Å²) in [4.78, 5) is 25.3. The quantitative estimate of drug-likeness (QED) is 0.0348. The van der Waals surface area contributed by atoms with E-state index in [1.165, 1.54) is 64.2 Å². The van der Waals surface area contributed by atoms with Crippen LogP contribution in [0.2, 0.25) is 0 Å². The Labute approximate surface area is 369 Å². The molecule has 0 aromatic heterocycles. The van der Waals surface area contributed by atoms with E-state index in [0.29, 0.717) is 13.0 Å². The molecular weight excluding hydrogens is 741 g/mol. The highest BCUT2D eigenvalue weighted by molar-refractivity contribution is 5.71. The summed E-state index contributed by atoms with van der Waals surface area (Å²) in [6.45, 7) is 7.40. The Morgan fingerprint density at radius 3 is 1.30 bits per heavy atom. The average molecular weight is 829 g/mol. The number of hydrogen-bond acceptors (Lipinski definition) is 5. The maximum Gasteiger partial charge on any atom is 0.309 e. The summed E-state index contributed by atoms with van der Waals surface area (Å²) in [5, 5.41) is 0. The van der Waals surface area contributed by atoms with Crippen molar-refractivity contribution in [3.8, 4) is 0 Å². The van der Waals surface area contributed by atoms with Crippen LogP contribution in [0.4, 0.5) is 0 Å². The van der Waals surface area contributed by atoms with Crippen LogP contribution >= 0.6 is 0 Å². The largest absolute Gasteiger partial charge is 0.461 e. The fourth-order valence-corrected chi connectivity index (χ4v) is 5.98. The van der Waals surface area contributed by atoms with Gasteiger partial charge in [0.15, 0.2) is 6.10 Å². The molecule has 0 saturated heterocycles. The minimum Gasteiger partial charge on any atom is -0.461 e. The second kappa shape index (κ2) is 49.7. The Hall–Kier alpha value is -3.70. The van der Waals surface area contributed by atoms with E-state index in [2.05, 4.69) is 130 Å². The lowest BCUT2D eigenvalue weighted by atomic mass is 10.1. The zero-order valence-corrected chi connectivity index (χ0v) is 38.7. The highest BCUT2D eigenvalue weighted by Crippen LogP contribution is 2.11. The van der Waals surface area contributed by atoms with Gasteiger partial charge in [-0.1, -0.05) is 187 Å². The molecule has 1 atom stereocenters. The minimum absolute atomic E-state index is 0.00438. The molecule has 5 heteroatoms. The first kappa shape index (κ1) is 56.3. The second-order valence-corrected chi connectivity index (χ2v) is 15.3. The molecule has 0 aliphatic carbocycles. The normalized spacial score (nSPS) is 13.3. The number of allylic oxidation sites excluding steroid dienone is 19. The van der Waals surface area contributed by atoms with Gasteiger partial charge in [0.2, 0.25) is 0 Å².